The van der Waals surface area contributed by atoms with Crippen LogP contribution in [-0.4, -0.2) is 20.2 Å². The molecule has 0 radical (unpaired) electrons. The van der Waals surface area contributed by atoms with Crippen molar-refractivity contribution in [1.82, 2.24) is 20.2 Å². The van der Waals surface area contributed by atoms with Gasteiger partial charge in [-0.05, 0) is 41.3 Å². The normalized spacial score (nSPS) is 15.3. The van der Waals surface area contributed by atoms with Crippen LogP contribution in [0.15, 0.2) is 18.5 Å². The summed E-state index contributed by atoms with van der Waals surface area (Å²) in [6, 6.07) is 3.05. The second-order valence-corrected chi connectivity index (χ2v) is 3.96. The number of tetrazole rings is 1. The Bertz CT molecular complexity index is 518. The number of nitrogens with two attached hydrogens (primary N) is 1. The molecule has 1 aromatic heterocycles. The molecule has 1 aliphatic rings. The Labute approximate surface area is 91.1 Å². The Balaban J connectivity index is 2.21. The minimum Gasteiger partial charge on any atom is -0.399 e. The van der Waals surface area contributed by atoms with Crippen LogP contribution in [0.4, 0.5) is 10.1 Å². The van der Waals surface area contributed by atoms with E-state index in [0.717, 1.165) is 12.8 Å². The van der Waals surface area contributed by atoms with E-state index < -0.39 is 0 Å². The summed E-state index contributed by atoms with van der Waals surface area (Å²) in [5.41, 5.74) is 7.33. The first-order chi connectivity index (χ1) is 7.75. The molecule has 2 N–H and O–H groups in total. The molecule has 3 rings (SSSR count). The van der Waals surface area contributed by atoms with Crippen LogP contribution >= 0.6 is 0 Å². The number of rotatable bonds is 2. The number of halogens is 1. The smallest absolute Gasteiger partial charge is 0.143 e. The van der Waals surface area contributed by atoms with E-state index in [4.69, 9.17) is 5.73 Å². The van der Waals surface area contributed by atoms with Crippen molar-refractivity contribution in [3.8, 4) is 5.69 Å². The maximum absolute atomic E-state index is 13.8. The maximum Gasteiger partial charge on any atom is 0.143 e. The summed E-state index contributed by atoms with van der Waals surface area (Å²) in [5, 5.41) is 10.9. The predicted molar refractivity (Wildman–Crippen MR) is 55.5 cm³/mol. The molecule has 0 spiro atoms. The molecule has 1 aromatic carbocycles. The van der Waals surface area contributed by atoms with Gasteiger partial charge >= 0.3 is 0 Å². The third-order valence-corrected chi connectivity index (χ3v) is 2.71. The predicted octanol–water partition coefficient (Wildman–Crippen LogP) is 1.26. The van der Waals surface area contributed by atoms with Crippen LogP contribution in [0.25, 0.3) is 5.69 Å². The molecule has 0 bridgehead atoms. The molecule has 1 saturated carbocycles. The highest BCUT2D eigenvalue weighted by Crippen LogP contribution is 2.44. The highest BCUT2D eigenvalue weighted by molar-refractivity contribution is 5.55. The van der Waals surface area contributed by atoms with Crippen LogP contribution in [-0.2, 0) is 0 Å². The zero-order valence-corrected chi connectivity index (χ0v) is 8.47. The summed E-state index contributed by atoms with van der Waals surface area (Å²) in [5.74, 6) is 0.00722. The molecule has 5 nitrogen and oxygen atoms in total. The van der Waals surface area contributed by atoms with Gasteiger partial charge in [0.15, 0.2) is 0 Å². The van der Waals surface area contributed by atoms with Gasteiger partial charge < -0.3 is 5.73 Å². The number of aromatic nitrogens is 4. The number of nitrogen functional groups attached to an aromatic ring is 1. The fourth-order valence-electron chi connectivity index (χ4n) is 1.86. The van der Waals surface area contributed by atoms with Crippen LogP contribution in [0, 0.1) is 5.82 Å². The molecule has 0 aliphatic heterocycles. The van der Waals surface area contributed by atoms with E-state index in [2.05, 4.69) is 15.5 Å². The molecule has 0 atom stereocenters. The average Bonchev–Trinajstić information content (AvgIpc) is 2.92. The van der Waals surface area contributed by atoms with Crippen LogP contribution < -0.4 is 5.73 Å². The lowest BCUT2D eigenvalue weighted by Gasteiger charge is -2.09. The van der Waals surface area contributed by atoms with E-state index in [1.807, 2.05) is 0 Å². The first-order valence-electron chi connectivity index (χ1n) is 5.08. The lowest BCUT2D eigenvalue weighted by Crippen LogP contribution is -2.04. The molecule has 0 amide bonds. The molecule has 1 aliphatic carbocycles. The summed E-state index contributed by atoms with van der Waals surface area (Å²) in [7, 11) is 0. The molecule has 2 aromatic rings. The molecule has 0 unspecified atom stereocenters. The van der Waals surface area contributed by atoms with E-state index in [9.17, 15) is 4.39 Å². The number of hydrogen-bond donors (Lipinski definition) is 1. The molecule has 16 heavy (non-hydrogen) atoms. The van der Waals surface area contributed by atoms with Crippen LogP contribution in [0.1, 0.15) is 24.3 Å². The standard InChI is InChI=1S/C10H10FN5/c11-8-3-7(12)4-9(10(8)6-1-2-6)16-5-13-14-15-16/h3-6H,1-2,12H2. The summed E-state index contributed by atoms with van der Waals surface area (Å²) in [6.07, 6.45) is 3.46. The lowest BCUT2D eigenvalue weighted by atomic mass is 10.1. The van der Waals surface area contributed by atoms with Crippen molar-refractivity contribution in [2.75, 3.05) is 5.73 Å². The van der Waals surface area contributed by atoms with Gasteiger partial charge in [0.1, 0.15) is 12.1 Å². The Morgan fingerprint density at radius 1 is 1.38 bits per heavy atom. The van der Waals surface area contributed by atoms with Crippen molar-refractivity contribution >= 4 is 5.69 Å². The SMILES string of the molecule is Nc1cc(F)c(C2CC2)c(-n2cnnn2)c1. The van der Waals surface area contributed by atoms with Crippen molar-refractivity contribution in [1.29, 1.82) is 0 Å². The van der Waals surface area contributed by atoms with E-state index >= 15 is 0 Å². The van der Waals surface area contributed by atoms with E-state index in [1.54, 1.807) is 6.07 Å². The summed E-state index contributed by atoms with van der Waals surface area (Å²) in [4.78, 5) is 0. The summed E-state index contributed by atoms with van der Waals surface area (Å²) < 4.78 is 15.3. The van der Waals surface area contributed by atoms with Gasteiger partial charge in [0.25, 0.3) is 0 Å². The zero-order valence-electron chi connectivity index (χ0n) is 8.47. The highest BCUT2D eigenvalue weighted by atomic mass is 19.1. The minimum absolute atomic E-state index is 0.270. The molecular weight excluding hydrogens is 209 g/mol. The fraction of sp³-hybridized carbons (Fsp3) is 0.300. The number of anilines is 1. The molecule has 82 valence electrons. The monoisotopic (exact) mass is 219 g/mol. The van der Waals surface area contributed by atoms with Gasteiger partial charge in [-0.15, -0.1) is 5.10 Å². The van der Waals surface area contributed by atoms with Crippen LogP contribution in [0.2, 0.25) is 0 Å². The second kappa shape index (κ2) is 3.26. The molecule has 6 heteroatoms. The lowest BCUT2D eigenvalue weighted by molar-refractivity contribution is 0.607. The first kappa shape index (κ1) is 9.26. The van der Waals surface area contributed by atoms with Crippen LogP contribution in [0.3, 0.4) is 0 Å². The van der Waals surface area contributed by atoms with E-state index in [0.29, 0.717) is 16.9 Å². The quantitative estimate of drug-likeness (QED) is 0.772. The van der Waals surface area contributed by atoms with Crippen molar-refractivity contribution < 1.29 is 4.39 Å². The molecule has 0 saturated heterocycles. The molecule has 1 heterocycles. The van der Waals surface area contributed by atoms with Gasteiger partial charge in [-0.2, -0.15) is 0 Å². The Morgan fingerprint density at radius 2 is 2.19 bits per heavy atom. The third kappa shape index (κ3) is 1.42. The second-order valence-electron chi connectivity index (χ2n) is 3.96. The van der Waals surface area contributed by atoms with Gasteiger partial charge in [0.05, 0.1) is 5.69 Å². The van der Waals surface area contributed by atoms with Crippen LogP contribution in [0.5, 0.6) is 0 Å². The van der Waals surface area contributed by atoms with Gasteiger partial charge in [-0.25, -0.2) is 9.07 Å². The van der Waals surface area contributed by atoms with Crippen molar-refractivity contribution in [2.24, 2.45) is 0 Å². The van der Waals surface area contributed by atoms with Crippen molar-refractivity contribution in [3.05, 3.63) is 29.8 Å². The Morgan fingerprint density at radius 3 is 2.81 bits per heavy atom. The average molecular weight is 219 g/mol. The first-order valence-corrected chi connectivity index (χ1v) is 5.08. The number of hydrogen-bond acceptors (Lipinski definition) is 4. The minimum atomic E-state index is -0.270. The van der Waals surface area contributed by atoms with E-state index in [-0.39, 0.29) is 11.7 Å². The summed E-state index contributed by atoms with van der Waals surface area (Å²) >= 11 is 0. The molecule has 1 fully saturated rings. The third-order valence-electron chi connectivity index (χ3n) is 2.71. The molecular formula is C10H10FN5. The topological polar surface area (TPSA) is 69.6 Å². The largest absolute Gasteiger partial charge is 0.399 e. The summed E-state index contributed by atoms with van der Waals surface area (Å²) in [6.45, 7) is 0. The zero-order chi connectivity index (χ0) is 11.1. The number of benzene rings is 1. The highest BCUT2D eigenvalue weighted by Gasteiger charge is 2.30. The maximum atomic E-state index is 13.8. The van der Waals surface area contributed by atoms with Gasteiger partial charge in [-0.1, -0.05) is 0 Å². The van der Waals surface area contributed by atoms with E-state index in [1.165, 1.54) is 17.1 Å². The van der Waals surface area contributed by atoms with Gasteiger partial charge in [0.2, 0.25) is 0 Å². The Kier molecular flexibility index (Phi) is 1.89. The van der Waals surface area contributed by atoms with Crippen molar-refractivity contribution in [3.63, 3.8) is 0 Å². The van der Waals surface area contributed by atoms with Crippen molar-refractivity contribution in [2.45, 2.75) is 18.8 Å². The van der Waals surface area contributed by atoms with Gasteiger partial charge in [0, 0.05) is 11.3 Å². The Hall–Kier alpha value is -1.98. The van der Waals surface area contributed by atoms with Gasteiger partial charge in [-0.3, -0.25) is 0 Å². The fourth-order valence-corrected chi connectivity index (χ4v) is 1.86. The number of nitrogens with zero attached hydrogens (tertiary/aromatic N) is 4.